The number of carboxylic acids is 2. The second-order valence-corrected chi connectivity index (χ2v) is 11.3. The Bertz CT molecular complexity index is 807. The highest BCUT2D eigenvalue weighted by molar-refractivity contribution is 5.81. The molecule has 1 saturated heterocycles. The maximum atomic E-state index is 11.7. The number of aliphatic carboxylic acids is 2. The molecule has 6 atom stereocenters. The van der Waals surface area contributed by atoms with Crippen LogP contribution >= 0.6 is 0 Å². The largest absolute Gasteiger partial charge is 0.481 e. The molecule has 0 bridgehead atoms. The highest BCUT2D eigenvalue weighted by Crippen LogP contribution is 2.27. The molecule has 1 rings (SSSR count). The molecule has 0 radical (unpaired) electrons. The molecule has 0 saturated carbocycles. The van der Waals surface area contributed by atoms with Gasteiger partial charge < -0.3 is 45.1 Å². The summed E-state index contributed by atoms with van der Waals surface area (Å²) in [6, 6.07) is 0. The average Bonchev–Trinajstić information content (AvgIpc) is 2.93. The van der Waals surface area contributed by atoms with Gasteiger partial charge in [-0.2, -0.15) is 0 Å². The molecule has 0 aromatic carbocycles. The maximum Gasteiger partial charge on any atom is 0.322 e. The van der Waals surface area contributed by atoms with Gasteiger partial charge >= 0.3 is 17.9 Å². The van der Waals surface area contributed by atoms with Crippen molar-refractivity contribution in [2.45, 2.75) is 141 Å². The van der Waals surface area contributed by atoms with E-state index in [0.29, 0.717) is 6.42 Å². The van der Waals surface area contributed by atoms with Crippen LogP contribution in [0.4, 0.5) is 0 Å². The van der Waals surface area contributed by atoms with Crippen LogP contribution in [0.5, 0.6) is 0 Å². The molecule has 6 N–H and O–H groups in total. The highest BCUT2D eigenvalue weighted by atomic mass is 16.7. The first-order chi connectivity index (χ1) is 19.9. The van der Waals surface area contributed by atoms with E-state index in [-0.39, 0.29) is 30.9 Å². The third-order valence-electron chi connectivity index (χ3n) is 7.25. The Morgan fingerprint density at radius 3 is 1.86 bits per heavy atom. The number of carbonyl (C=O) groups excluding carboxylic acids is 2. The van der Waals surface area contributed by atoms with Crippen molar-refractivity contribution in [3.8, 4) is 0 Å². The van der Waals surface area contributed by atoms with E-state index in [1.807, 2.05) is 13.8 Å². The Hall–Kier alpha value is -2.32. The number of hydrogen-bond donors (Lipinski definition) is 6. The van der Waals surface area contributed by atoms with Gasteiger partial charge in [0.15, 0.2) is 6.29 Å². The molecule has 13 heteroatoms. The highest BCUT2D eigenvalue weighted by Gasteiger charge is 2.45. The van der Waals surface area contributed by atoms with E-state index in [2.05, 4.69) is 5.32 Å². The zero-order chi connectivity index (χ0) is 31.5. The van der Waals surface area contributed by atoms with Crippen LogP contribution < -0.4 is 5.32 Å². The molecule has 13 nitrogen and oxygen atoms in total. The van der Waals surface area contributed by atoms with E-state index < -0.39 is 61.6 Å². The molecule has 42 heavy (non-hydrogen) atoms. The summed E-state index contributed by atoms with van der Waals surface area (Å²) in [6.07, 6.45) is 3.40. The lowest BCUT2D eigenvalue weighted by Crippen LogP contribution is -2.60. The summed E-state index contributed by atoms with van der Waals surface area (Å²) < 4.78 is 16.7. The van der Waals surface area contributed by atoms with Crippen LogP contribution in [-0.2, 0) is 33.4 Å². The van der Waals surface area contributed by atoms with Gasteiger partial charge in [-0.15, -0.1) is 0 Å². The van der Waals surface area contributed by atoms with Crippen LogP contribution in [0, 0.1) is 5.92 Å². The van der Waals surface area contributed by atoms with Gasteiger partial charge in [0.2, 0.25) is 5.91 Å². The van der Waals surface area contributed by atoms with Crippen molar-refractivity contribution in [1.82, 2.24) is 5.32 Å². The number of unbranched alkanes of at least 4 members (excludes halogenated alkanes) is 9. The van der Waals surface area contributed by atoms with Crippen molar-refractivity contribution < 1.29 is 58.9 Å². The Morgan fingerprint density at radius 2 is 1.31 bits per heavy atom. The van der Waals surface area contributed by atoms with Crippen LogP contribution in [0.2, 0.25) is 0 Å². The molecular weight excluding hydrogens is 554 g/mol. The van der Waals surface area contributed by atoms with Gasteiger partial charge in [0.05, 0.1) is 18.9 Å². The number of nitrogens with one attached hydrogen (secondary N) is 1. The first-order valence-electron chi connectivity index (χ1n) is 15.1. The first-order valence-corrected chi connectivity index (χ1v) is 15.1. The van der Waals surface area contributed by atoms with Crippen molar-refractivity contribution in [2.75, 3.05) is 13.2 Å². The lowest BCUT2D eigenvalue weighted by molar-refractivity contribution is -0.315. The van der Waals surface area contributed by atoms with Crippen LogP contribution in [0.3, 0.4) is 0 Å². The monoisotopic (exact) mass is 605 g/mol. The van der Waals surface area contributed by atoms with Crippen molar-refractivity contribution in [1.29, 1.82) is 0 Å². The van der Waals surface area contributed by atoms with E-state index in [4.69, 9.17) is 24.4 Å². The summed E-state index contributed by atoms with van der Waals surface area (Å²) >= 11 is 0. The number of rotatable bonds is 23. The van der Waals surface area contributed by atoms with E-state index in [1.165, 1.54) is 0 Å². The van der Waals surface area contributed by atoms with Gasteiger partial charge in [-0.05, 0) is 18.8 Å². The Balaban J connectivity index is 2.26. The SMILES string of the molecule is CC(C)C(CCCCCCCCCCCCC(=O)NCC(=O)O)OC1OC(COC(=O)CCC(=O)O)C(O)C(O)C1O. The molecule has 0 spiro atoms. The fourth-order valence-corrected chi connectivity index (χ4v) is 4.66. The summed E-state index contributed by atoms with van der Waals surface area (Å²) in [5.74, 6) is -3.08. The molecule has 1 aliphatic rings. The molecule has 1 aliphatic heterocycles. The molecule has 0 aromatic heterocycles. The van der Waals surface area contributed by atoms with Gasteiger partial charge in [-0.1, -0.05) is 71.6 Å². The number of carbonyl (C=O) groups is 4. The lowest BCUT2D eigenvalue weighted by atomic mass is 9.97. The summed E-state index contributed by atoms with van der Waals surface area (Å²) in [7, 11) is 0. The van der Waals surface area contributed by atoms with E-state index in [9.17, 15) is 34.5 Å². The number of hydrogen-bond acceptors (Lipinski definition) is 10. The standard InChI is InChI=1S/C29H51NO12/c1-19(2)20(13-11-9-7-5-3-4-6-8-10-12-14-22(31)30-17-24(34)35)41-29-28(39)27(38)26(37)21(42-29)18-40-25(36)16-15-23(32)33/h19-21,26-29,37-39H,3-18H2,1-2H3,(H,30,31)(H,32,33)(H,34,35). The fraction of sp³-hybridized carbons (Fsp3) is 0.862. The van der Waals surface area contributed by atoms with E-state index >= 15 is 0 Å². The quantitative estimate of drug-likeness (QED) is 0.0731. The van der Waals surface area contributed by atoms with Crippen molar-refractivity contribution >= 4 is 23.8 Å². The smallest absolute Gasteiger partial charge is 0.322 e. The van der Waals surface area contributed by atoms with Crippen molar-refractivity contribution in [3.63, 3.8) is 0 Å². The minimum atomic E-state index is -1.57. The Kier molecular flexibility index (Phi) is 19.2. The third-order valence-corrected chi connectivity index (χ3v) is 7.25. The zero-order valence-corrected chi connectivity index (χ0v) is 24.9. The van der Waals surface area contributed by atoms with Gasteiger partial charge in [0, 0.05) is 6.42 Å². The van der Waals surface area contributed by atoms with Gasteiger partial charge in [0.1, 0.15) is 37.6 Å². The molecule has 0 aromatic rings. The number of esters is 1. The van der Waals surface area contributed by atoms with Crippen molar-refractivity contribution in [2.24, 2.45) is 5.92 Å². The molecule has 0 aliphatic carbocycles. The predicted octanol–water partition coefficient (Wildman–Crippen LogP) is 2.13. The fourth-order valence-electron chi connectivity index (χ4n) is 4.66. The Labute approximate surface area is 247 Å². The molecule has 6 unspecified atom stereocenters. The number of carboxylic acid groups (broad SMARTS) is 2. The second kappa shape index (κ2) is 21.4. The van der Waals surface area contributed by atoms with Gasteiger partial charge in [-0.3, -0.25) is 19.2 Å². The third kappa shape index (κ3) is 16.4. The van der Waals surface area contributed by atoms with Crippen LogP contribution in [-0.4, -0.2) is 99.3 Å². The molecule has 1 heterocycles. The number of aliphatic hydroxyl groups is 3. The average molecular weight is 606 g/mol. The van der Waals surface area contributed by atoms with Gasteiger partial charge in [-0.25, -0.2) is 0 Å². The van der Waals surface area contributed by atoms with Crippen LogP contribution in [0.25, 0.3) is 0 Å². The predicted molar refractivity (Wildman–Crippen MR) is 150 cm³/mol. The van der Waals surface area contributed by atoms with E-state index in [0.717, 1.165) is 70.6 Å². The van der Waals surface area contributed by atoms with E-state index in [1.54, 1.807) is 0 Å². The summed E-state index contributed by atoms with van der Waals surface area (Å²) in [5, 5.41) is 50.6. The van der Waals surface area contributed by atoms with Crippen LogP contribution in [0.1, 0.15) is 104 Å². The minimum Gasteiger partial charge on any atom is -0.481 e. The normalized spacial score (nSPS) is 23.0. The number of ether oxygens (including phenoxy) is 3. The summed E-state index contributed by atoms with van der Waals surface area (Å²) in [4.78, 5) is 44.2. The molecular formula is C29H51NO12. The molecule has 1 fully saturated rings. The maximum absolute atomic E-state index is 11.7. The summed E-state index contributed by atoms with van der Waals surface area (Å²) in [5.41, 5.74) is 0. The molecule has 1 amide bonds. The minimum absolute atomic E-state index is 0.0975. The summed E-state index contributed by atoms with van der Waals surface area (Å²) in [6.45, 7) is 3.21. The number of aliphatic hydroxyl groups excluding tert-OH is 3. The Morgan fingerprint density at radius 1 is 0.738 bits per heavy atom. The van der Waals surface area contributed by atoms with Gasteiger partial charge in [0.25, 0.3) is 0 Å². The topological polar surface area (TPSA) is 209 Å². The molecule has 244 valence electrons. The second-order valence-electron chi connectivity index (χ2n) is 11.3. The number of amides is 1. The van der Waals surface area contributed by atoms with Crippen molar-refractivity contribution in [3.05, 3.63) is 0 Å². The first kappa shape index (κ1) is 37.7. The lowest BCUT2D eigenvalue weighted by Gasteiger charge is -2.41. The zero-order valence-electron chi connectivity index (χ0n) is 24.9. The van der Waals surface area contributed by atoms with Crippen LogP contribution in [0.15, 0.2) is 0 Å².